The van der Waals surface area contributed by atoms with Crippen molar-refractivity contribution in [1.29, 1.82) is 5.26 Å². The quantitative estimate of drug-likeness (QED) is 0.412. The summed E-state index contributed by atoms with van der Waals surface area (Å²) in [7, 11) is 0. The van der Waals surface area contributed by atoms with Gasteiger partial charge in [-0.1, -0.05) is 12.1 Å². The van der Waals surface area contributed by atoms with Crippen molar-refractivity contribution >= 4 is 23.2 Å². The highest BCUT2D eigenvalue weighted by Gasteiger charge is 2.27. The molecule has 1 amide bonds. The number of aromatic nitrogens is 3. The lowest BCUT2D eigenvalue weighted by molar-refractivity contribution is 0.0951. The largest absolute Gasteiger partial charge is 0.349 e. The minimum absolute atomic E-state index is 0.0467. The average Bonchev–Trinajstić information content (AvgIpc) is 3.57. The van der Waals surface area contributed by atoms with Gasteiger partial charge >= 0.3 is 0 Å². The molecule has 1 saturated heterocycles. The van der Waals surface area contributed by atoms with Crippen LogP contribution in [0.2, 0.25) is 0 Å². The van der Waals surface area contributed by atoms with Gasteiger partial charge in [-0.2, -0.15) is 10.2 Å². The Morgan fingerprint density at radius 2 is 1.94 bits per heavy atom. The maximum absolute atomic E-state index is 14.9. The lowest BCUT2D eigenvalue weighted by Crippen LogP contribution is -2.45. The van der Waals surface area contributed by atoms with E-state index in [9.17, 15) is 9.18 Å². The third-order valence-corrected chi connectivity index (χ3v) is 6.58. The number of pyridine rings is 1. The zero-order chi connectivity index (χ0) is 24.6. The van der Waals surface area contributed by atoms with Gasteiger partial charge in [-0.05, 0) is 60.9 Å². The Hall–Kier alpha value is -4.29. The van der Waals surface area contributed by atoms with Gasteiger partial charge in [0.15, 0.2) is 5.65 Å². The topological polar surface area (TPSA) is 98.4 Å². The molecule has 0 bridgehead atoms. The van der Waals surface area contributed by atoms with Crippen LogP contribution in [0.25, 0.3) is 16.8 Å². The Kier molecular flexibility index (Phi) is 5.58. The number of fused-ring (bicyclic) bond motifs is 1. The molecule has 0 spiro atoms. The molecule has 0 atom stereocenters. The monoisotopic (exact) mass is 481 g/mol. The average molecular weight is 482 g/mol. The highest BCUT2D eigenvalue weighted by Crippen LogP contribution is 2.28. The van der Waals surface area contributed by atoms with Crippen LogP contribution in [-0.4, -0.2) is 44.5 Å². The van der Waals surface area contributed by atoms with Crippen molar-refractivity contribution in [2.24, 2.45) is 5.92 Å². The smallest absolute Gasteiger partial charge is 0.251 e. The van der Waals surface area contributed by atoms with Crippen molar-refractivity contribution in [2.45, 2.75) is 25.4 Å². The maximum atomic E-state index is 14.9. The lowest BCUT2D eigenvalue weighted by Gasteiger charge is -2.35. The normalized spacial score (nSPS) is 15.9. The highest BCUT2D eigenvalue weighted by molar-refractivity contribution is 5.95. The first-order valence-electron chi connectivity index (χ1n) is 12.0. The number of nitrogens with one attached hydrogen (secondary N) is 2. The molecule has 36 heavy (non-hydrogen) atoms. The van der Waals surface area contributed by atoms with Crippen LogP contribution in [0, 0.1) is 23.1 Å². The molecule has 4 aromatic rings. The number of nitriles is 1. The fourth-order valence-electron chi connectivity index (χ4n) is 4.38. The van der Waals surface area contributed by atoms with Crippen molar-refractivity contribution in [2.75, 3.05) is 18.4 Å². The summed E-state index contributed by atoms with van der Waals surface area (Å²) in [4.78, 5) is 18.9. The zero-order valence-electron chi connectivity index (χ0n) is 19.5. The van der Waals surface area contributed by atoms with Crippen LogP contribution >= 0.6 is 0 Å². The number of hydrogen-bond donors (Lipinski definition) is 2. The van der Waals surface area contributed by atoms with Crippen molar-refractivity contribution in [1.82, 2.24) is 24.8 Å². The third kappa shape index (κ3) is 4.51. The van der Waals surface area contributed by atoms with Gasteiger partial charge in [0.1, 0.15) is 5.82 Å². The standard InChI is InChI=1S/C27H24FN7O/c28-24-12-19(3-4-20(24)16-34-14-17(13-29)15-34)23-2-1-11-35-25(23)32-27(33-35)31-22-7-5-18(6-8-22)26(36)30-21-9-10-21/h1-8,11-12,17,21H,9-10,14-16H2,(H,30,36)(H,31,33). The molecule has 6 rings (SSSR count). The Labute approximate surface area is 207 Å². The van der Waals surface area contributed by atoms with Gasteiger partial charge in [-0.25, -0.2) is 8.91 Å². The Balaban J connectivity index is 1.19. The number of benzene rings is 2. The van der Waals surface area contributed by atoms with E-state index in [-0.39, 0.29) is 17.6 Å². The molecular weight excluding hydrogens is 457 g/mol. The minimum atomic E-state index is -0.279. The zero-order valence-corrected chi connectivity index (χ0v) is 19.5. The fourth-order valence-corrected chi connectivity index (χ4v) is 4.38. The van der Waals surface area contributed by atoms with Crippen LogP contribution in [0.5, 0.6) is 0 Å². The number of nitrogens with zero attached hydrogens (tertiary/aromatic N) is 5. The Morgan fingerprint density at radius 3 is 2.67 bits per heavy atom. The molecule has 2 aliphatic rings. The molecule has 0 radical (unpaired) electrons. The number of likely N-dealkylation sites (tertiary alicyclic amines) is 1. The first kappa shape index (κ1) is 22.2. The van der Waals surface area contributed by atoms with Gasteiger partial charge in [-0.15, -0.1) is 5.10 Å². The van der Waals surface area contributed by atoms with Crippen molar-refractivity contribution < 1.29 is 9.18 Å². The van der Waals surface area contributed by atoms with Gasteiger partial charge in [0.2, 0.25) is 5.95 Å². The van der Waals surface area contributed by atoms with Crippen LogP contribution in [0.15, 0.2) is 60.8 Å². The summed E-state index contributed by atoms with van der Waals surface area (Å²) < 4.78 is 16.6. The van der Waals surface area contributed by atoms with E-state index in [1.807, 2.05) is 30.3 Å². The summed E-state index contributed by atoms with van der Waals surface area (Å²) in [6.45, 7) is 1.86. The Morgan fingerprint density at radius 1 is 1.14 bits per heavy atom. The molecular formula is C27H24FN7O. The van der Waals surface area contributed by atoms with Crippen LogP contribution in [0.1, 0.15) is 28.8 Å². The summed E-state index contributed by atoms with van der Waals surface area (Å²) in [5.74, 6) is 0.109. The maximum Gasteiger partial charge on any atom is 0.251 e. The highest BCUT2D eigenvalue weighted by atomic mass is 19.1. The Bertz CT molecular complexity index is 1480. The molecule has 1 aliphatic heterocycles. The van der Waals surface area contributed by atoms with E-state index in [0.29, 0.717) is 54.0 Å². The van der Waals surface area contributed by atoms with E-state index in [1.54, 1.807) is 28.9 Å². The molecule has 2 N–H and O–H groups in total. The number of amides is 1. The van der Waals surface area contributed by atoms with Crippen LogP contribution in [-0.2, 0) is 6.54 Å². The number of halogens is 1. The van der Waals surface area contributed by atoms with Gasteiger partial charge in [0, 0.05) is 54.3 Å². The van der Waals surface area contributed by atoms with E-state index >= 15 is 0 Å². The van der Waals surface area contributed by atoms with E-state index < -0.39 is 0 Å². The molecule has 1 aliphatic carbocycles. The molecule has 1 saturated carbocycles. The second kappa shape index (κ2) is 9.06. The summed E-state index contributed by atoms with van der Waals surface area (Å²) in [5.41, 5.74) is 4.07. The van der Waals surface area contributed by atoms with Gasteiger partial charge in [0.25, 0.3) is 5.91 Å². The van der Waals surface area contributed by atoms with Gasteiger partial charge in [0.05, 0.1) is 12.0 Å². The molecule has 2 fully saturated rings. The van der Waals surface area contributed by atoms with Crippen LogP contribution in [0.4, 0.5) is 16.0 Å². The predicted octanol–water partition coefficient (Wildman–Crippen LogP) is 4.13. The fraction of sp³-hybridized carbons (Fsp3) is 0.259. The number of carbonyl (C=O) groups is 1. The number of carbonyl (C=O) groups excluding carboxylic acids is 1. The van der Waals surface area contributed by atoms with Crippen LogP contribution < -0.4 is 10.6 Å². The summed E-state index contributed by atoms with van der Waals surface area (Å²) in [6.07, 6.45) is 3.89. The number of rotatable bonds is 7. The van der Waals surface area contributed by atoms with Crippen molar-refractivity contribution in [3.05, 3.63) is 77.7 Å². The number of hydrogen-bond acceptors (Lipinski definition) is 6. The summed E-state index contributed by atoms with van der Waals surface area (Å²) in [5, 5.41) is 19.6. The lowest BCUT2D eigenvalue weighted by atomic mass is 9.99. The molecule has 9 heteroatoms. The minimum Gasteiger partial charge on any atom is -0.349 e. The van der Waals surface area contributed by atoms with Gasteiger partial charge < -0.3 is 10.6 Å². The molecule has 0 unspecified atom stereocenters. The first-order valence-corrected chi connectivity index (χ1v) is 12.0. The van der Waals surface area contributed by atoms with E-state index in [2.05, 4.69) is 31.7 Å². The summed E-state index contributed by atoms with van der Waals surface area (Å²) in [6, 6.07) is 18.7. The second-order valence-electron chi connectivity index (χ2n) is 9.40. The van der Waals surface area contributed by atoms with Gasteiger partial charge in [-0.3, -0.25) is 9.69 Å². The number of anilines is 2. The second-order valence-corrected chi connectivity index (χ2v) is 9.40. The van der Waals surface area contributed by atoms with E-state index in [1.165, 1.54) is 6.07 Å². The molecule has 3 heterocycles. The SMILES string of the molecule is N#CC1CN(Cc2ccc(-c3cccn4nc(Nc5ccc(C(=O)NC6CC6)cc5)nc34)cc2F)C1. The van der Waals surface area contributed by atoms with E-state index in [0.717, 1.165) is 24.1 Å². The third-order valence-electron chi connectivity index (χ3n) is 6.58. The first-order chi connectivity index (χ1) is 17.6. The molecule has 2 aromatic heterocycles. The van der Waals surface area contributed by atoms with Crippen molar-refractivity contribution in [3.8, 4) is 17.2 Å². The predicted molar refractivity (Wildman–Crippen MR) is 133 cm³/mol. The molecule has 180 valence electrons. The van der Waals surface area contributed by atoms with E-state index in [4.69, 9.17) is 5.26 Å². The van der Waals surface area contributed by atoms with Crippen LogP contribution in [0.3, 0.4) is 0 Å². The molecule has 8 nitrogen and oxygen atoms in total. The van der Waals surface area contributed by atoms with Crippen molar-refractivity contribution in [3.63, 3.8) is 0 Å². The molecule has 2 aromatic carbocycles. The summed E-state index contributed by atoms with van der Waals surface area (Å²) >= 11 is 0.